The standard InChI is InChI=1S/C15H14Cl2FNS/c16-12-6-5-10(8-13(12)17)7-11(19)9-20-15-4-2-1-3-14(15)18/h1-6,8,11H,7,9,19H2. The molecule has 0 aliphatic heterocycles. The van der Waals surface area contributed by atoms with Gasteiger partial charge in [-0.1, -0.05) is 41.4 Å². The summed E-state index contributed by atoms with van der Waals surface area (Å²) in [6.07, 6.45) is 0.679. The van der Waals surface area contributed by atoms with E-state index >= 15 is 0 Å². The summed E-state index contributed by atoms with van der Waals surface area (Å²) in [4.78, 5) is 0.622. The van der Waals surface area contributed by atoms with E-state index in [0.29, 0.717) is 27.1 Å². The van der Waals surface area contributed by atoms with Gasteiger partial charge in [0.1, 0.15) is 5.82 Å². The van der Waals surface area contributed by atoms with Crippen molar-refractivity contribution in [2.75, 3.05) is 5.75 Å². The van der Waals surface area contributed by atoms with E-state index in [4.69, 9.17) is 28.9 Å². The fourth-order valence-electron chi connectivity index (χ4n) is 1.79. The van der Waals surface area contributed by atoms with Crippen LogP contribution in [-0.2, 0) is 6.42 Å². The van der Waals surface area contributed by atoms with Crippen molar-refractivity contribution in [3.63, 3.8) is 0 Å². The maximum absolute atomic E-state index is 13.5. The van der Waals surface area contributed by atoms with Crippen molar-refractivity contribution >= 4 is 35.0 Å². The minimum absolute atomic E-state index is 0.0724. The molecule has 0 fully saturated rings. The highest BCUT2D eigenvalue weighted by Crippen LogP contribution is 2.25. The van der Waals surface area contributed by atoms with Crippen LogP contribution >= 0.6 is 35.0 Å². The molecule has 0 radical (unpaired) electrons. The molecule has 20 heavy (non-hydrogen) atoms. The summed E-state index contributed by atoms with van der Waals surface area (Å²) < 4.78 is 13.5. The zero-order chi connectivity index (χ0) is 14.5. The van der Waals surface area contributed by atoms with Crippen LogP contribution in [0.2, 0.25) is 10.0 Å². The number of rotatable bonds is 5. The van der Waals surface area contributed by atoms with Crippen molar-refractivity contribution in [1.29, 1.82) is 0 Å². The molecule has 2 N–H and O–H groups in total. The second-order valence-corrected chi connectivity index (χ2v) is 6.33. The Bertz CT molecular complexity index is 592. The number of nitrogens with two attached hydrogens (primary N) is 1. The lowest BCUT2D eigenvalue weighted by atomic mass is 10.1. The number of benzene rings is 2. The van der Waals surface area contributed by atoms with Crippen molar-refractivity contribution in [2.45, 2.75) is 17.4 Å². The summed E-state index contributed by atoms with van der Waals surface area (Å²) >= 11 is 13.3. The van der Waals surface area contributed by atoms with E-state index < -0.39 is 0 Å². The topological polar surface area (TPSA) is 26.0 Å². The third-order valence-corrected chi connectivity index (χ3v) is 4.75. The summed E-state index contributed by atoms with van der Waals surface area (Å²) in [6, 6.07) is 12.1. The zero-order valence-corrected chi connectivity index (χ0v) is 13.0. The molecular weight excluding hydrogens is 316 g/mol. The zero-order valence-electron chi connectivity index (χ0n) is 10.7. The van der Waals surface area contributed by atoms with Crippen molar-refractivity contribution in [3.8, 4) is 0 Å². The van der Waals surface area contributed by atoms with Crippen molar-refractivity contribution in [1.82, 2.24) is 0 Å². The Hall–Kier alpha value is -0.740. The van der Waals surface area contributed by atoms with Gasteiger partial charge in [-0.05, 0) is 36.2 Å². The average Bonchev–Trinajstić information content (AvgIpc) is 2.42. The van der Waals surface area contributed by atoms with Crippen LogP contribution in [-0.4, -0.2) is 11.8 Å². The summed E-state index contributed by atoms with van der Waals surface area (Å²) in [7, 11) is 0. The van der Waals surface area contributed by atoms with Crippen LogP contribution in [0.25, 0.3) is 0 Å². The highest BCUT2D eigenvalue weighted by molar-refractivity contribution is 7.99. The Labute approximate surface area is 132 Å². The van der Waals surface area contributed by atoms with E-state index in [9.17, 15) is 4.39 Å². The molecule has 1 nitrogen and oxygen atoms in total. The summed E-state index contributed by atoms with van der Waals surface area (Å²) in [5, 5.41) is 1.06. The molecule has 5 heteroatoms. The normalized spacial score (nSPS) is 12.4. The molecule has 0 amide bonds. The van der Waals surface area contributed by atoms with E-state index in [1.54, 1.807) is 18.2 Å². The molecule has 0 aromatic heterocycles. The van der Waals surface area contributed by atoms with Crippen LogP contribution in [0.1, 0.15) is 5.56 Å². The molecule has 0 aliphatic rings. The fourth-order valence-corrected chi connectivity index (χ4v) is 3.00. The molecule has 1 unspecified atom stereocenters. The first-order valence-electron chi connectivity index (χ1n) is 6.13. The molecule has 2 rings (SSSR count). The van der Waals surface area contributed by atoms with E-state index in [0.717, 1.165) is 5.56 Å². The molecule has 0 heterocycles. The maximum Gasteiger partial charge on any atom is 0.136 e. The first-order valence-corrected chi connectivity index (χ1v) is 7.87. The van der Waals surface area contributed by atoms with Gasteiger partial charge < -0.3 is 5.73 Å². The highest BCUT2D eigenvalue weighted by Gasteiger charge is 2.08. The lowest BCUT2D eigenvalue weighted by molar-refractivity contribution is 0.601. The van der Waals surface area contributed by atoms with E-state index in [-0.39, 0.29) is 11.9 Å². The van der Waals surface area contributed by atoms with Gasteiger partial charge in [-0.25, -0.2) is 4.39 Å². The van der Waals surface area contributed by atoms with E-state index in [2.05, 4.69) is 0 Å². The Kier molecular flexibility index (Phi) is 5.73. The first kappa shape index (κ1) is 15.6. The van der Waals surface area contributed by atoms with E-state index in [1.165, 1.54) is 17.8 Å². The van der Waals surface area contributed by atoms with Crippen molar-refractivity contribution < 1.29 is 4.39 Å². The number of halogens is 3. The van der Waals surface area contributed by atoms with Gasteiger partial charge in [-0.15, -0.1) is 11.8 Å². The Morgan fingerprint density at radius 2 is 1.85 bits per heavy atom. The fraction of sp³-hybridized carbons (Fsp3) is 0.200. The average molecular weight is 330 g/mol. The smallest absolute Gasteiger partial charge is 0.136 e. The van der Waals surface area contributed by atoms with Crippen LogP contribution < -0.4 is 5.73 Å². The SMILES string of the molecule is NC(CSc1ccccc1F)Cc1ccc(Cl)c(Cl)c1. The van der Waals surface area contributed by atoms with Crippen LogP contribution in [0.3, 0.4) is 0 Å². The van der Waals surface area contributed by atoms with Gasteiger partial charge in [0, 0.05) is 16.7 Å². The molecule has 0 bridgehead atoms. The minimum Gasteiger partial charge on any atom is -0.327 e. The van der Waals surface area contributed by atoms with Gasteiger partial charge >= 0.3 is 0 Å². The number of hydrogen-bond acceptors (Lipinski definition) is 2. The van der Waals surface area contributed by atoms with Gasteiger partial charge in [0.2, 0.25) is 0 Å². The summed E-state index contributed by atoms with van der Waals surface area (Å²) in [6.45, 7) is 0. The van der Waals surface area contributed by atoms with Crippen LogP contribution in [0, 0.1) is 5.82 Å². The third-order valence-electron chi connectivity index (χ3n) is 2.77. The molecule has 2 aromatic carbocycles. The lowest BCUT2D eigenvalue weighted by Gasteiger charge is -2.12. The van der Waals surface area contributed by atoms with E-state index in [1.807, 2.05) is 18.2 Å². The summed E-state index contributed by atoms with van der Waals surface area (Å²) in [5.41, 5.74) is 7.10. The van der Waals surface area contributed by atoms with Gasteiger partial charge in [-0.3, -0.25) is 0 Å². The monoisotopic (exact) mass is 329 g/mol. The van der Waals surface area contributed by atoms with Gasteiger partial charge in [-0.2, -0.15) is 0 Å². The second kappa shape index (κ2) is 7.32. The van der Waals surface area contributed by atoms with Gasteiger partial charge in [0.05, 0.1) is 10.0 Å². The molecule has 0 saturated heterocycles. The Morgan fingerprint density at radius 3 is 2.55 bits per heavy atom. The first-order chi connectivity index (χ1) is 9.56. The highest BCUT2D eigenvalue weighted by atomic mass is 35.5. The molecule has 0 aliphatic carbocycles. The van der Waals surface area contributed by atoms with Crippen LogP contribution in [0.5, 0.6) is 0 Å². The molecule has 1 atom stereocenters. The van der Waals surface area contributed by atoms with Crippen molar-refractivity contribution in [3.05, 3.63) is 63.9 Å². The molecule has 2 aromatic rings. The quantitative estimate of drug-likeness (QED) is 0.798. The number of thioether (sulfide) groups is 1. The van der Waals surface area contributed by atoms with Gasteiger partial charge in [0.25, 0.3) is 0 Å². The lowest BCUT2D eigenvalue weighted by Crippen LogP contribution is -2.25. The van der Waals surface area contributed by atoms with Crippen molar-refractivity contribution in [2.24, 2.45) is 5.73 Å². The summed E-state index contributed by atoms with van der Waals surface area (Å²) in [5.74, 6) is 0.431. The Morgan fingerprint density at radius 1 is 1.10 bits per heavy atom. The predicted molar refractivity (Wildman–Crippen MR) is 85.3 cm³/mol. The maximum atomic E-state index is 13.5. The molecular formula is C15H14Cl2FNS. The largest absolute Gasteiger partial charge is 0.327 e. The molecule has 0 spiro atoms. The number of hydrogen-bond donors (Lipinski definition) is 1. The predicted octanol–water partition coefficient (Wildman–Crippen LogP) is 4.79. The second-order valence-electron chi connectivity index (χ2n) is 4.45. The minimum atomic E-state index is -0.209. The molecule has 0 saturated carbocycles. The Balaban J connectivity index is 1.91. The van der Waals surface area contributed by atoms with Crippen LogP contribution in [0.15, 0.2) is 47.4 Å². The van der Waals surface area contributed by atoms with Crippen LogP contribution in [0.4, 0.5) is 4.39 Å². The molecule has 106 valence electrons. The van der Waals surface area contributed by atoms with Gasteiger partial charge in [0.15, 0.2) is 0 Å². The third kappa shape index (κ3) is 4.38.